The number of carbonyl (C=O) groups excluding carboxylic acids is 1. The SMILES string of the molecule is O=C1CC(c2ccccc2Br)=Nc2cc3c(cc21)OCO3. The summed E-state index contributed by atoms with van der Waals surface area (Å²) in [4.78, 5) is 17.0. The van der Waals surface area contributed by atoms with Crippen LogP contribution in [0, 0.1) is 0 Å². The Balaban J connectivity index is 1.87. The van der Waals surface area contributed by atoms with Crippen molar-refractivity contribution in [1.82, 2.24) is 0 Å². The number of ether oxygens (including phenoxy) is 2. The first-order valence-electron chi connectivity index (χ1n) is 6.52. The third-order valence-corrected chi connectivity index (χ3v) is 4.25. The summed E-state index contributed by atoms with van der Waals surface area (Å²) in [7, 11) is 0. The van der Waals surface area contributed by atoms with Crippen molar-refractivity contribution >= 4 is 33.1 Å². The molecule has 0 aliphatic carbocycles. The second-order valence-corrected chi connectivity index (χ2v) is 5.72. The van der Waals surface area contributed by atoms with Gasteiger partial charge < -0.3 is 9.47 Å². The van der Waals surface area contributed by atoms with Crippen LogP contribution in [-0.2, 0) is 0 Å². The number of carbonyl (C=O) groups is 1. The molecule has 0 N–H and O–H groups in total. The number of ketones is 1. The Morgan fingerprint density at radius 2 is 1.81 bits per heavy atom. The molecule has 0 aromatic heterocycles. The zero-order chi connectivity index (χ0) is 14.4. The Bertz CT molecular complexity index is 798. The maximum Gasteiger partial charge on any atom is 0.231 e. The molecule has 0 amide bonds. The summed E-state index contributed by atoms with van der Waals surface area (Å²) in [5.41, 5.74) is 2.93. The van der Waals surface area contributed by atoms with E-state index in [1.807, 2.05) is 24.3 Å². The first-order valence-corrected chi connectivity index (χ1v) is 7.31. The van der Waals surface area contributed by atoms with Gasteiger partial charge >= 0.3 is 0 Å². The average Bonchev–Trinajstić information content (AvgIpc) is 2.93. The highest BCUT2D eigenvalue weighted by atomic mass is 79.9. The first-order chi connectivity index (χ1) is 10.2. The minimum absolute atomic E-state index is 0.0454. The maximum absolute atomic E-state index is 12.4. The van der Waals surface area contributed by atoms with Crippen LogP contribution in [0.4, 0.5) is 5.69 Å². The van der Waals surface area contributed by atoms with Crippen molar-refractivity contribution in [2.24, 2.45) is 4.99 Å². The van der Waals surface area contributed by atoms with E-state index in [9.17, 15) is 4.79 Å². The molecule has 2 aliphatic heterocycles. The predicted octanol–water partition coefficient (Wildman–Crippen LogP) is 3.89. The largest absolute Gasteiger partial charge is 0.454 e. The van der Waals surface area contributed by atoms with E-state index in [1.165, 1.54) is 0 Å². The van der Waals surface area contributed by atoms with Crippen LogP contribution in [0.5, 0.6) is 11.5 Å². The zero-order valence-corrected chi connectivity index (χ0v) is 12.5. The molecule has 0 saturated carbocycles. The quantitative estimate of drug-likeness (QED) is 0.789. The normalized spacial score (nSPS) is 15.7. The van der Waals surface area contributed by atoms with Crippen LogP contribution in [0.1, 0.15) is 22.3 Å². The van der Waals surface area contributed by atoms with E-state index in [2.05, 4.69) is 20.9 Å². The second kappa shape index (κ2) is 4.70. The number of nitrogens with zero attached hydrogens (tertiary/aromatic N) is 1. The summed E-state index contributed by atoms with van der Waals surface area (Å²) < 4.78 is 11.6. The number of halogens is 1. The summed E-state index contributed by atoms with van der Waals surface area (Å²) in [6.07, 6.45) is 0.287. The number of aliphatic imine (C=N–C) groups is 1. The van der Waals surface area contributed by atoms with Gasteiger partial charge in [0.05, 0.1) is 17.8 Å². The standard InChI is InChI=1S/C16H10BrNO3/c17-11-4-2-1-3-9(11)12-6-14(19)10-5-15-16(21-8-20-15)7-13(10)18-12/h1-5,7H,6,8H2. The van der Waals surface area contributed by atoms with Crippen LogP contribution in [0.25, 0.3) is 0 Å². The maximum atomic E-state index is 12.4. The molecular weight excluding hydrogens is 334 g/mol. The Labute approximate surface area is 129 Å². The number of Topliss-reactive ketones (excluding diaryl/α,β-unsaturated/α-hetero) is 1. The third kappa shape index (κ3) is 2.05. The van der Waals surface area contributed by atoms with E-state index in [1.54, 1.807) is 12.1 Å². The van der Waals surface area contributed by atoms with E-state index < -0.39 is 0 Å². The predicted molar refractivity (Wildman–Crippen MR) is 81.9 cm³/mol. The fourth-order valence-electron chi connectivity index (χ4n) is 2.53. The molecular formula is C16H10BrNO3. The second-order valence-electron chi connectivity index (χ2n) is 4.86. The van der Waals surface area contributed by atoms with Crippen LogP contribution in [0.3, 0.4) is 0 Å². The highest BCUT2D eigenvalue weighted by Gasteiger charge is 2.26. The van der Waals surface area contributed by atoms with Gasteiger partial charge in [-0.15, -0.1) is 0 Å². The molecule has 5 heteroatoms. The molecule has 2 aliphatic rings. The number of hydrogen-bond acceptors (Lipinski definition) is 4. The van der Waals surface area contributed by atoms with E-state index >= 15 is 0 Å². The van der Waals surface area contributed by atoms with Gasteiger partial charge in [0.2, 0.25) is 6.79 Å². The summed E-state index contributed by atoms with van der Waals surface area (Å²) in [6.45, 7) is 0.188. The molecule has 0 fully saturated rings. The molecule has 2 heterocycles. The highest BCUT2D eigenvalue weighted by molar-refractivity contribution is 9.10. The van der Waals surface area contributed by atoms with Crippen LogP contribution in [0.15, 0.2) is 45.9 Å². The lowest BCUT2D eigenvalue weighted by Crippen LogP contribution is -2.14. The van der Waals surface area contributed by atoms with Crippen molar-refractivity contribution in [1.29, 1.82) is 0 Å². The molecule has 0 saturated heterocycles. The average molecular weight is 344 g/mol. The lowest BCUT2D eigenvalue weighted by molar-refractivity contribution is 0.0999. The van der Waals surface area contributed by atoms with Crippen LogP contribution in [0.2, 0.25) is 0 Å². The lowest BCUT2D eigenvalue weighted by atomic mass is 9.96. The highest BCUT2D eigenvalue weighted by Crippen LogP contribution is 2.40. The van der Waals surface area contributed by atoms with Gasteiger partial charge in [-0.2, -0.15) is 0 Å². The zero-order valence-electron chi connectivity index (χ0n) is 10.9. The smallest absolute Gasteiger partial charge is 0.231 e. The number of hydrogen-bond donors (Lipinski definition) is 0. The molecule has 0 spiro atoms. The Kier molecular flexibility index (Phi) is 2.82. The summed E-state index contributed by atoms with van der Waals surface area (Å²) >= 11 is 3.50. The van der Waals surface area contributed by atoms with Crippen molar-refractivity contribution in [3.63, 3.8) is 0 Å². The van der Waals surface area contributed by atoms with Gasteiger partial charge in [-0.1, -0.05) is 34.1 Å². The Hall–Kier alpha value is -2.14. The van der Waals surface area contributed by atoms with E-state index in [4.69, 9.17) is 9.47 Å². The van der Waals surface area contributed by atoms with Crippen molar-refractivity contribution in [2.75, 3.05) is 6.79 Å². The fourth-order valence-corrected chi connectivity index (χ4v) is 3.04. The van der Waals surface area contributed by atoms with Gasteiger partial charge in [0.1, 0.15) is 0 Å². The molecule has 4 rings (SSSR count). The molecule has 2 aromatic carbocycles. The minimum atomic E-state index is 0.0454. The Morgan fingerprint density at radius 1 is 1.05 bits per heavy atom. The molecule has 2 aromatic rings. The van der Waals surface area contributed by atoms with E-state index in [0.29, 0.717) is 22.7 Å². The van der Waals surface area contributed by atoms with Crippen molar-refractivity contribution < 1.29 is 14.3 Å². The Morgan fingerprint density at radius 3 is 2.62 bits per heavy atom. The molecule has 0 radical (unpaired) electrons. The van der Waals surface area contributed by atoms with Gasteiger partial charge in [0, 0.05) is 21.7 Å². The van der Waals surface area contributed by atoms with Gasteiger partial charge in [-0.05, 0) is 12.1 Å². The topological polar surface area (TPSA) is 47.9 Å². The number of fused-ring (bicyclic) bond motifs is 2. The fraction of sp³-hybridized carbons (Fsp3) is 0.125. The number of rotatable bonds is 1. The van der Waals surface area contributed by atoms with E-state index in [-0.39, 0.29) is 19.0 Å². The molecule has 21 heavy (non-hydrogen) atoms. The molecule has 0 unspecified atom stereocenters. The van der Waals surface area contributed by atoms with Gasteiger partial charge in [-0.25, -0.2) is 0 Å². The summed E-state index contributed by atoms with van der Waals surface area (Å²) in [5.74, 6) is 1.30. The first kappa shape index (κ1) is 12.6. The van der Waals surface area contributed by atoms with Crippen molar-refractivity contribution in [3.05, 3.63) is 52.0 Å². The monoisotopic (exact) mass is 343 g/mol. The van der Waals surface area contributed by atoms with E-state index in [0.717, 1.165) is 15.7 Å². The van der Waals surface area contributed by atoms with Crippen molar-refractivity contribution in [2.45, 2.75) is 6.42 Å². The molecule has 0 bridgehead atoms. The lowest BCUT2D eigenvalue weighted by Gasteiger charge is -2.16. The third-order valence-electron chi connectivity index (χ3n) is 3.56. The molecule has 4 nitrogen and oxygen atoms in total. The number of benzene rings is 2. The van der Waals surface area contributed by atoms with Crippen LogP contribution < -0.4 is 9.47 Å². The minimum Gasteiger partial charge on any atom is -0.454 e. The summed E-state index contributed by atoms with van der Waals surface area (Å²) in [5, 5.41) is 0. The van der Waals surface area contributed by atoms with Gasteiger partial charge in [0.25, 0.3) is 0 Å². The van der Waals surface area contributed by atoms with Gasteiger partial charge in [0.15, 0.2) is 17.3 Å². The summed E-state index contributed by atoms with van der Waals surface area (Å²) in [6, 6.07) is 11.3. The van der Waals surface area contributed by atoms with Crippen molar-refractivity contribution in [3.8, 4) is 11.5 Å². The van der Waals surface area contributed by atoms with Gasteiger partial charge in [-0.3, -0.25) is 9.79 Å². The molecule has 104 valence electrons. The molecule has 0 atom stereocenters. The van der Waals surface area contributed by atoms with Crippen LogP contribution >= 0.6 is 15.9 Å². The van der Waals surface area contributed by atoms with Crippen LogP contribution in [-0.4, -0.2) is 18.3 Å².